The molecule has 8 nitrogen and oxygen atoms in total. The summed E-state index contributed by atoms with van der Waals surface area (Å²) in [6, 6.07) is 8.63. The van der Waals surface area contributed by atoms with E-state index in [1.165, 1.54) is 11.3 Å². The van der Waals surface area contributed by atoms with E-state index in [0.717, 1.165) is 10.6 Å². The summed E-state index contributed by atoms with van der Waals surface area (Å²) in [7, 11) is 1.59. The predicted octanol–water partition coefficient (Wildman–Crippen LogP) is 2.90. The predicted molar refractivity (Wildman–Crippen MR) is 103 cm³/mol. The molecule has 2 aromatic heterocycles. The van der Waals surface area contributed by atoms with Crippen LogP contribution >= 0.6 is 11.3 Å². The summed E-state index contributed by atoms with van der Waals surface area (Å²) in [4.78, 5) is 32.2. The van der Waals surface area contributed by atoms with Crippen LogP contribution in [0.25, 0.3) is 0 Å². The topological polar surface area (TPSA) is 97.6 Å². The fourth-order valence-corrected chi connectivity index (χ4v) is 3.99. The van der Waals surface area contributed by atoms with E-state index < -0.39 is 0 Å². The minimum Gasteiger partial charge on any atom is -0.497 e. The van der Waals surface area contributed by atoms with Crippen LogP contribution in [0, 0.1) is 6.92 Å². The highest BCUT2D eigenvalue weighted by Gasteiger charge is 2.25. The number of aromatic nitrogens is 2. The first kappa shape index (κ1) is 18.2. The number of hydrogen-bond donors (Lipinski definition) is 1. The van der Waals surface area contributed by atoms with E-state index in [1.807, 2.05) is 0 Å². The lowest BCUT2D eigenvalue weighted by Gasteiger charge is -2.26. The van der Waals surface area contributed by atoms with E-state index in [4.69, 9.17) is 9.26 Å². The van der Waals surface area contributed by atoms with Crippen LogP contribution in [0.1, 0.15) is 37.2 Å². The molecule has 0 fully saturated rings. The maximum Gasteiger partial charge on any atom is 0.279 e. The summed E-state index contributed by atoms with van der Waals surface area (Å²) in [5.41, 5.74) is 1.74. The van der Waals surface area contributed by atoms with Crippen LogP contribution in [0.5, 0.6) is 5.75 Å². The van der Waals surface area contributed by atoms with Crippen molar-refractivity contribution in [2.75, 3.05) is 19.0 Å². The van der Waals surface area contributed by atoms with E-state index in [-0.39, 0.29) is 17.5 Å². The number of aryl methyl sites for hydroxylation is 1. The zero-order chi connectivity index (χ0) is 19.7. The smallest absolute Gasteiger partial charge is 0.279 e. The van der Waals surface area contributed by atoms with Crippen LogP contribution in [0.3, 0.4) is 0 Å². The van der Waals surface area contributed by atoms with Crippen molar-refractivity contribution in [3.05, 3.63) is 57.9 Å². The third-order valence-electron chi connectivity index (χ3n) is 4.44. The Balaban J connectivity index is 1.45. The summed E-state index contributed by atoms with van der Waals surface area (Å²) < 4.78 is 10.1. The Labute approximate surface area is 165 Å². The summed E-state index contributed by atoms with van der Waals surface area (Å²) in [5, 5.41) is 6.94. The molecule has 0 saturated heterocycles. The van der Waals surface area contributed by atoms with Crippen molar-refractivity contribution >= 4 is 28.3 Å². The zero-order valence-corrected chi connectivity index (χ0v) is 16.2. The molecule has 3 aromatic rings. The standard InChI is InChI=1S/C19H18N4O4S/c1-11-9-15(22-27-11)17(24)21-19-20-14-7-8-23(10-16(14)28-19)18(25)12-3-5-13(26-2)6-4-12/h3-6,9H,7-8,10H2,1-2H3,(H,20,21,24). The fraction of sp³-hybridized carbons (Fsp3) is 0.263. The second-order valence-electron chi connectivity index (χ2n) is 6.37. The van der Waals surface area contributed by atoms with Gasteiger partial charge in [-0.3, -0.25) is 14.9 Å². The molecule has 0 radical (unpaired) electrons. The van der Waals surface area contributed by atoms with Gasteiger partial charge in [0.15, 0.2) is 10.8 Å². The van der Waals surface area contributed by atoms with Crippen LogP contribution < -0.4 is 10.1 Å². The number of carbonyl (C=O) groups excluding carboxylic acids is 2. The third-order valence-corrected chi connectivity index (χ3v) is 5.43. The summed E-state index contributed by atoms with van der Waals surface area (Å²) in [6.07, 6.45) is 0.646. The third kappa shape index (κ3) is 3.61. The molecule has 9 heteroatoms. The van der Waals surface area contributed by atoms with Crippen LogP contribution in [-0.4, -0.2) is 40.5 Å². The largest absolute Gasteiger partial charge is 0.497 e. The molecule has 4 rings (SSSR count). The van der Waals surface area contributed by atoms with Gasteiger partial charge in [0.2, 0.25) is 0 Å². The zero-order valence-electron chi connectivity index (χ0n) is 15.4. The molecule has 2 amide bonds. The number of carbonyl (C=O) groups is 2. The van der Waals surface area contributed by atoms with Crippen molar-refractivity contribution in [1.82, 2.24) is 15.0 Å². The molecule has 0 atom stereocenters. The van der Waals surface area contributed by atoms with Crippen LogP contribution in [0.2, 0.25) is 0 Å². The Morgan fingerprint density at radius 1 is 1.29 bits per heavy atom. The molecule has 0 saturated carbocycles. The van der Waals surface area contributed by atoms with Gasteiger partial charge >= 0.3 is 0 Å². The van der Waals surface area contributed by atoms with Crippen LogP contribution in [0.15, 0.2) is 34.9 Å². The number of anilines is 1. The first-order valence-electron chi connectivity index (χ1n) is 8.70. The lowest BCUT2D eigenvalue weighted by Crippen LogP contribution is -2.35. The Hall–Kier alpha value is -3.20. The molecule has 1 aromatic carbocycles. The van der Waals surface area contributed by atoms with Gasteiger partial charge in [0.1, 0.15) is 11.5 Å². The Morgan fingerprint density at radius 2 is 2.07 bits per heavy atom. The van der Waals surface area contributed by atoms with Gasteiger partial charge in [-0.25, -0.2) is 4.98 Å². The summed E-state index contributed by atoms with van der Waals surface area (Å²) >= 11 is 1.37. The number of fused-ring (bicyclic) bond motifs is 1. The molecule has 0 bridgehead atoms. The fourth-order valence-electron chi connectivity index (χ4n) is 2.97. The minimum absolute atomic E-state index is 0.0367. The van der Waals surface area contributed by atoms with Gasteiger partial charge in [-0.15, -0.1) is 0 Å². The summed E-state index contributed by atoms with van der Waals surface area (Å²) in [6.45, 7) is 2.77. The Morgan fingerprint density at radius 3 is 2.75 bits per heavy atom. The number of thiazole rings is 1. The van der Waals surface area contributed by atoms with E-state index >= 15 is 0 Å². The normalized spacial score (nSPS) is 13.1. The highest BCUT2D eigenvalue weighted by atomic mass is 32.1. The maximum absolute atomic E-state index is 12.8. The first-order chi connectivity index (χ1) is 13.5. The van der Waals surface area contributed by atoms with Crippen molar-refractivity contribution in [2.45, 2.75) is 19.9 Å². The molecule has 0 spiro atoms. The Kier molecular flexibility index (Phi) is 4.82. The number of methoxy groups -OCH3 is 1. The molecule has 1 N–H and O–H groups in total. The van der Waals surface area contributed by atoms with Crippen molar-refractivity contribution in [3.8, 4) is 5.75 Å². The number of nitrogens with zero attached hydrogens (tertiary/aromatic N) is 3. The molecule has 0 unspecified atom stereocenters. The SMILES string of the molecule is COc1ccc(C(=O)N2CCc3nc(NC(=O)c4cc(C)on4)sc3C2)cc1. The van der Waals surface area contributed by atoms with Gasteiger partial charge in [0.05, 0.1) is 19.3 Å². The maximum atomic E-state index is 12.8. The number of hydrogen-bond acceptors (Lipinski definition) is 7. The van der Waals surface area contributed by atoms with E-state index in [0.29, 0.717) is 41.7 Å². The van der Waals surface area contributed by atoms with Gasteiger partial charge in [-0.1, -0.05) is 16.5 Å². The first-order valence-corrected chi connectivity index (χ1v) is 9.51. The monoisotopic (exact) mass is 398 g/mol. The van der Waals surface area contributed by atoms with E-state index in [9.17, 15) is 9.59 Å². The van der Waals surface area contributed by atoms with Gasteiger partial charge in [0, 0.05) is 29.5 Å². The lowest BCUT2D eigenvalue weighted by molar-refractivity contribution is 0.0736. The molecule has 0 aliphatic carbocycles. The second-order valence-corrected chi connectivity index (χ2v) is 7.45. The van der Waals surface area contributed by atoms with E-state index in [1.54, 1.807) is 49.3 Å². The second kappa shape index (κ2) is 7.43. The molecule has 1 aliphatic heterocycles. The van der Waals surface area contributed by atoms with Crippen molar-refractivity contribution in [1.29, 1.82) is 0 Å². The molecule has 1 aliphatic rings. The van der Waals surface area contributed by atoms with Crippen molar-refractivity contribution in [3.63, 3.8) is 0 Å². The van der Waals surface area contributed by atoms with Gasteiger partial charge in [-0.2, -0.15) is 0 Å². The molecule has 3 heterocycles. The van der Waals surface area contributed by atoms with Gasteiger partial charge in [0.25, 0.3) is 11.8 Å². The van der Waals surface area contributed by atoms with Crippen LogP contribution in [0.4, 0.5) is 5.13 Å². The minimum atomic E-state index is -0.367. The average molecular weight is 398 g/mol. The van der Waals surface area contributed by atoms with E-state index in [2.05, 4.69) is 15.5 Å². The number of benzene rings is 1. The Bertz CT molecular complexity index is 1020. The number of nitrogens with one attached hydrogen (secondary N) is 1. The van der Waals surface area contributed by atoms with Crippen molar-refractivity contribution < 1.29 is 18.8 Å². The molecule has 144 valence electrons. The van der Waals surface area contributed by atoms with Gasteiger partial charge < -0.3 is 14.2 Å². The molecular weight excluding hydrogens is 380 g/mol. The number of amides is 2. The summed E-state index contributed by atoms with van der Waals surface area (Å²) in [5.74, 6) is 0.873. The molecule has 28 heavy (non-hydrogen) atoms. The highest BCUT2D eigenvalue weighted by Crippen LogP contribution is 2.29. The number of ether oxygens (including phenoxy) is 1. The highest BCUT2D eigenvalue weighted by molar-refractivity contribution is 7.15. The lowest BCUT2D eigenvalue weighted by atomic mass is 10.1. The van der Waals surface area contributed by atoms with Gasteiger partial charge in [-0.05, 0) is 31.2 Å². The van der Waals surface area contributed by atoms with Crippen LogP contribution in [-0.2, 0) is 13.0 Å². The van der Waals surface area contributed by atoms with Crippen molar-refractivity contribution in [2.24, 2.45) is 0 Å². The number of rotatable bonds is 4. The average Bonchev–Trinajstić information content (AvgIpc) is 3.32. The molecular formula is C19H18N4O4S. The quantitative estimate of drug-likeness (QED) is 0.726.